The van der Waals surface area contributed by atoms with Crippen LogP contribution in [0.4, 0.5) is 13.2 Å². The molecule has 3 aromatic heterocycles. The lowest BCUT2D eigenvalue weighted by molar-refractivity contribution is -0.138. The monoisotopic (exact) mass is 292 g/mol. The van der Waals surface area contributed by atoms with Crippen LogP contribution in [0.25, 0.3) is 22.4 Å². The van der Waals surface area contributed by atoms with E-state index >= 15 is 0 Å². The van der Waals surface area contributed by atoms with E-state index in [1.54, 1.807) is 18.2 Å². The molecule has 0 bridgehead atoms. The molecule has 0 aliphatic rings. The van der Waals surface area contributed by atoms with Crippen molar-refractivity contribution in [2.75, 3.05) is 0 Å². The van der Waals surface area contributed by atoms with Gasteiger partial charge in [-0.3, -0.25) is 4.79 Å². The first-order chi connectivity index (χ1) is 9.95. The van der Waals surface area contributed by atoms with Gasteiger partial charge in [-0.05, 0) is 12.1 Å². The summed E-state index contributed by atoms with van der Waals surface area (Å²) in [6.07, 6.45) is -1.64. The Morgan fingerprint density at radius 3 is 2.43 bits per heavy atom. The van der Waals surface area contributed by atoms with Crippen molar-refractivity contribution in [2.24, 2.45) is 0 Å². The van der Waals surface area contributed by atoms with Crippen LogP contribution >= 0.6 is 0 Å². The van der Waals surface area contributed by atoms with Gasteiger partial charge < -0.3 is 4.98 Å². The Bertz CT molecular complexity index is 856. The van der Waals surface area contributed by atoms with Gasteiger partial charge in [0.15, 0.2) is 5.82 Å². The number of halogens is 3. The quantitative estimate of drug-likeness (QED) is 0.747. The van der Waals surface area contributed by atoms with Crippen molar-refractivity contribution in [1.82, 2.24) is 19.9 Å². The van der Waals surface area contributed by atoms with Gasteiger partial charge in [0.05, 0.1) is 5.56 Å². The maximum Gasteiger partial charge on any atom is 0.419 e. The summed E-state index contributed by atoms with van der Waals surface area (Å²) in [5, 5.41) is 0.620. The van der Waals surface area contributed by atoms with E-state index < -0.39 is 11.7 Å². The molecule has 1 N–H and O–H groups in total. The summed E-state index contributed by atoms with van der Waals surface area (Å²) in [7, 11) is 0. The first-order valence-corrected chi connectivity index (χ1v) is 5.83. The first kappa shape index (κ1) is 13.2. The summed E-state index contributed by atoms with van der Waals surface area (Å²) in [4.78, 5) is 25.5. The normalized spacial score (nSPS) is 11.8. The van der Waals surface area contributed by atoms with Crippen molar-refractivity contribution in [2.45, 2.75) is 6.18 Å². The highest BCUT2D eigenvalue weighted by Gasteiger charge is 2.31. The van der Waals surface area contributed by atoms with Crippen LogP contribution in [0.3, 0.4) is 0 Å². The van der Waals surface area contributed by atoms with Crippen LogP contribution in [0.5, 0.6) is 0 Å². The molecule has 0 saturated heterocycles. The third kappa shape index (κ3) is 2.47. The largest absolute Gasteiger partial charge is 0.419 e. The molecule has 0 unspecified atom stereocenters. The minimum atomic E-state index is -4.49. The molecule has 21 heavy (non-hydrogen) atoms. The molecule has 0 fully saturated rings. The number of hydrogen-bond acceptors (Lipinski definition) is 4. The summed E-state index contributed by atoms with van der Waals surface area (Å²) in [5.41, 5.74) is -0.919. The second-order valence-electron chi connectivity index (χ2n) is 4.23. The molecular formula is C13H7F3N4O. The molecule has 8 heteroatoms. The second-order valence-corrected chi connectivity index (χ2v) is 4.23. The highest BCUT2D eigenvalue weighted by atomic mass is 19.4. The smallest absolute Gasteiger partial charge is 0.327 e. The molecule has 3 rings (SSSR count). The number of alkyl halides is 3. The van der Waals surface area contributed by atoms with E-state index in [0.717, 1.165) is 0 Å². The van der Waals surface area contributed by atoms with E-state index in [1.165, 1.54) is 6.20 Å². The number of fused-ring (bicyclic) bond motifs is 1. The molecule has 0 atom stereocenters. The van der Waals surface area contributed by atoms with E-state index in [1.807, 2.05) is 0 Å². The summed E-state index contributed by atoms with van der Waals surface area (Å²) < 4.78 is 37.3. The zero-order valence-electron chi connectivity index (χ0n) is 10.3. The third-order valence-electron chi connectivity index (χ3n) is 2.83. The van der Waals surface area contributed by atoms with Crippen molar-refractivity contribution in [3.63, 3.8) is 0 Å². The Labute approximate surface area is 115 Å². The predicted molar refractivity (Wildman–Crippen MR) is 68.4 cm³/mol. The van der Waals surface area contributed by atoms with Crippen LogP contribution in [0.1, 0.15) is 5.56 Å². The number of aromatic nitrogens is 4. The lowest BCUT2D eigenvalue weighted by Crippen LogP contribution is -2.08. The Hall–Kier alpha value is -2.77. The lowest BCUT2D eigenvalue weighted by Gasteiger charge is -2.06. The van der Waals surface area contributed by atoms with E-state index in [4.69, 9.17) is 0 Å². The van der Waals surface area contributed by atoms with Crippen LogP contribution in [-0.2, 0) is 6.18 Å². The van der Waals surface area contributed by atoms with Gasteiger partial charge in [0.2, 0.25) is 0 Å². The van der Waals surface area contributed by atoms with Crippen LogP contribution in [0.15, 0.2) is 41.6 Å². The number of pyridine rings is 2. The molecule has 0 aliphatic carbocycles. The number of aromatic amines is 1. The average Bonchev–Trinajstić information content (AvgIpc) is 2.47. The SMILES string of the molecule is O=c1[nH]ccc2ccc(-c3ncc(C(F)(F)F)cn3)nc12. The van der Waals surface area contributed by atoms with Gasteiger partial charge in [0, 0.05) is 24.0 Å². The maximum absolute atomic E-state index is 12.4. The fourth-order valence-electron chi connectivity index (χ4n) is 1.79. The molecule has 106 valence electrons. The minimum absolute atomic E-state index is 0.0214. The Balaban J connectivity index is 2.08. The first-order valence-electron chi connectivity index (χ1n) is 5.83. The molecule has 0 aliphatic heterocycles. The predicted octanol–water partition coefficient (Wildman–Crippen LogP) is 2.40. The molecule has 0 radical (unpaired) electrons. The molecule has 0 saturated carbocycles. The highest BCUT2D eigenvalue weighted by Crippen LogP contribution is 2.28. The van der Waals surface area contributed by atoms with Crippen LogP contribution in [0.2, 0.25) is 0 Å². The van der Waals surface area contributed by atoms with Gasteiger partial charge in [0.1, 0.15) is 11.2 Å². The van der Waals surface area contributed by atoms with Gasteiger partial charge in [-0.15, -0.1) is 0 Å². The van der Waals surface area contributed by atoms with E-state index in [9.17, 15) is 18.0 Å². The number of H-pyrrole nitrogens is 1. The fraction of sp³-hybridized carbons (Fsp3) is 0.0769. The molecule has 3 aromatic rings. The van der Waals surface area contributed by atoms with Crippen molar-refractivity contribution >= 4 is 10.9 Å². The van der Waals surface area contributed by atoms with Crippen molar-refractivity contribution in [3.8, 4) is 11.5 Å². The minimum Gasteiger partial charge on any atom is -0.327 e. The number of nitrogens with zero attached hydrogens (tertiary/aromatic N) is 3. The van der Waals surface area contributed by atoms with Gasteiger partial charge >= 0.3 is 6.18 Å². The Morgan fingerprint density at radius 2 is 1.76 bits per heavy atom. The zero-order valence-corrected chi connectivity index (χ0v) is 10.3. The average molecular weight is 292 g/mol. The topological polar surface area (TPSA) is 71.5 Å². The summed E-state index contributed by atoms with van der Waals surface area (Å²) in [6, 6.07) is 4.85. The van der Waals surface area contributed by atoms with E-state index in [2.05, 4.69) is 19.9 Å². The van der Waals surface area contributed by atoms with Crippen LogP contribution in [0, 0.1) is 0 Å². The second kappa shape index (κ2) is 4.65. The summed E-state index contributed by atoms with van der Waals surface area (Å²) in [6.45, 7) is 0. The molecule has 0 spiro atoms. The van der Waals surface area contributed by atoms with Crippen LogP contribution < -0.4 is 5.56 Å². The summed E-state index contributed by atoms with van der Waals surface area (Å²) >= 11 is 0. The van der Waals surface area contributed by atoms with Gasteiger partial charge in [-0.2, -0.15) is 13.2 Å². The maximum atomic E-state index is 12.4. The summed E-state index contributed by atoms with van der Waals surface area (Å²) in [5.74, 6) is 0.0214. The molecular weight excluding hydrogens is 285 g/mol. The van der Waals surface area contributed by atoms with Gasteiger partial charge in [-0.1, -0.05) is 6.07 Å². The van der Waals surface area contributed by atoms with Crippen molar-refractivity contribution in [3.05, 3.63) is 52.7 Å². The molecule has 5 nitrogen and oxygen atoms in total. The number of nitrogens with one attached hydrogen (secondary N) is 1. The molecule has 0 amide bonds. The highest BCUT2D eigenvalue weighted by molar-refractivity contribution is 5.79. The van der Waals surface area contributed by atoms with Gasteiger partial charge in [0.25, 0.3) is 5.56 Å². The van der Waals surface area contributed by atoms with Crippen molar-refractivity contribution < 1.29 is 13.2 Å². The lowest BCUT2D eigenvalue weighted by atomic mass is 10.2. The van der Waals surface area contributed by atoms with Crippen molar-refractivity contribution in [1.29, 1.82) is 0 Å². The molecule has 3 heterocycles. The fourth-order valence-corrected chi connectivity index (χ4v) is 1.79. The van der Waals surface area contributed by atoms with E-state index in [-0.39, 0.29) is 22.6 Å². The zero-order chi connectivity index (χ0) is 15.0. The third-order valence-corrected chi connectivity index (χ3v) is 2.83. The number of rotatable bonds is 1. The van der Waals surface area contributed by atoms with Crippen LogP contribution in [-0.4, -0.2) is 19.9 Å². The standard InChI is InChI=1S/C13H7F3N4O/c14-13(15,16)8-5-18-11(19-6-8)9-2-1-7-3-4-17-12(21)10(7)20-9/h1-6H,(H,17,21). The Morgan fingerprint density at radius 1 is 1.05 bits per heavy atom. The van der Waals surface area contributed by atoms with E-state index in [0.29, 0.717) is 17.8 Å². The molecule has 0 aromatic carbocycles. The van der Waals surface area contributed by atoms with Gasteiger partial charge in [-0.25, -0.2) is 15.0 Å². The Kier molecular flexibility index (Phi) is 2.93. The number of hydrogen-bond donors (Lipinski definition) is 1.